The quantitative estimate of drug-likeness (QED) is 0.778. The van der Waals surface area contributed by atoms with Gasteiger partial charge in [0.1, 0.15) is 11.6 Å². The van der Waals surface area contributed by atoms with Crippen molar-refractivity contribution >= 4 is 27.0 Å². The van der Waals surface area contributed by atoms with Gasteiger partial charge in [-0.15, -0.1) is 0 Å². The van der Waals surface area contributed by atoms with E-state index in [1.807, 2.05) is 35.9 Å². The lowest BCUT2D eigenvalue weighted by Crippen LogP contribution is -1.97. The highest BCUT2D eigenvalue weighted by Gasteiger charge is 2.15. The second-order valence-electron chi connectivity index (χ2n) is 4.61. The van der Waals surface area contributed by atoms with E-state index in [-0.39, 0.29) is 5.82 Å². The van der Waals surface area contributed by atoms with Crippen LogP contribution in [0, 0.1) is 5.82 Å². The van der Waals surface area contributed by atoms with Crippen molar-refractivity contribution < 1.29 is 4.39 Å². The number of hydrogen-bond acceptors (Lipinski definition) is 2. The van der Waals surface area contributed by atoms with Crippen LogP contribution < -0.4 is 5.73 Å². The molecule has 3 aromatic rings. The molecule has 0 fully saturated rings. The third-order valence-corrected chi connectivity index (χ3v) is 3.88. The lowest BCUT2D eigenvalue weighted by Gasteiger charge is -2.04. The zero-order valence-corrected chi connectivity index (χ0v) is 12.5. The zero-order chi connectivity index (χ0) is 14.3. The third-order valence-electron chi connectivity index (χ3n) is 3.39. The fourth-order valence-electron chi connectivity index (χ4n) is 2.35. The number of benzene rings is 2. The standard InChI is InChI=1S/C15H13BrFN3/c1-20-13-4-2-3-9(8-18)14(13)19-15(20)11-6-5-10(16)7-12(11)17/h2-7H,8,18H2,1H3. The Kier molecular flexibility index (Phi) is 3.31. The minimum atomic E-state index is -0.299. The first-order chi connectivity index (χ1) is 9.61. The molecule has 0 aliphatic carbocycles. The Hall–Kier alpha value is -1.72. The van der Waals surface area contributed by atoms with Gasteiger partial charge in [0.2, 0.25) is 0 Å². The van der Waals surface area contributed by atoms with Crippen LogP contribution in [0.1, 0.15) is 5.56 Å². The van der Waals surface area contributed by atoms with Gasteiger partial charge < -0.3 is 10.3 Å². The van der Waals surface area contributed by atoms with Gasteiger partial charge in [-0.25, -0.2) is 9.37 Å². The molecule has 0 saturated heterocycles. The zero-order valence-electron chi connectivity index (χ0n) is 10.9. The average molecular weight is 334 g/mol. The van der Waals surface area contributed by atoms with E-state index in [0.29, 0.717) is 22.4 Å². The molecule has 0 amide bonds. The van der Waals surface area contributed by atoms with Gasteiger partial charge in [0.05, 0.1) is 16.6 Å². The number of halogens is 2. The van der Waals surface area contributed by atoms with Crippen LogP contribution in [-0.2, 0) is 13.6 Å². The molecular formula is C15H13BrFN3. The average Bonchev–Trinajstić information content (AvgIpc) is 2.76. The molecule has 3 rings (SSSR count). The third kappa shape index (κ3) is 2.03. The van der Waals surface area contributed by atoms with E-state index in [9.17, 15) is 4.39 Å². The molecule has 2 N–H and O–H groups in total. The summed E-state index contributed by atoms with van der Waals surface area (Å²) in [6, 6.07) is 10.8. The summed E-state index contributed by atoms with van der Waals surface area (Å²) in [5, 5.41) is 0. The van der Waals surface area contributed by atoms with Crippen LogP contribution >= 0.6 is 15.9 Å². The molecule has 2 aromatic carbocycles. The summed E-state index contributed by atoms with van der Waals surface area (Å²) < 4.78 is 16.7. The van der Waals surface area contributed by atoms with Gasteiger partial charge in [0.25, 0.3) is 0 Å². The van der Waals surface area contributed by atoms with Gasteiger partial charge in [-0.3, -0.25) is 0 Å². The highest BCUT2D eigenvalue weighted by atomic mass is 79.9. The van der Waals surface area contributed by atoms with E-state index in [1.54, 1.807) is 6.07 Å². The molecule has 0 aliphatic heterocycles. The predicted octanol–water partition coefficient (Wildman–Crippen LogP) is 3.60. The summed E-state index contributed by atoms with van der Waals surface area (Å²) in [5.74, 6) is 0.304. The number of para-hydroxylation sites is 1. The number of aromatic nitrogens is 2. The van der Waals surface area contributed by atoms with Crippen molar-refractivity contribution in [3.63, 3.8) is 0 Å². The van der Waals surface area contributed by atoms with E-state index in [2.05, 4.69) is 20.9 Å². The molecule has 1 aromatic heterocycles. The summed E-state index contributed by atoms with van der Waals surface area (Å²) in [4.78, 5) is 4.57. The number of imidazole rings is 1. The maximum absolute atomic E-state index is 14.1. The molecule has 102 valence electrons. The van der Waals surface area contributed by atoms with Crippen LogP contribution in [0.25, 0.3) is 22.4 Å². The molecule has 0 aliphatic rings. The SMILES string of the molecule is Cn1c(-c2ccc(Br)cc2F)nc2c(CN)cccc21. The van der Waals surface area contributed by atoms with Crippen LogP contribution in [0.15, 0.2) is 40.9 Å². The highest BCUT2D eigenvalue weighted by Crippen LogP contribution is 2.28. The van der Waals surface area contributed by atoms with Crippen molar-refractivity contribution in [3.8, 4) is 11.4 Å². The van der Waals surface area contributed by atoms with E-state index < -0.39 is 0 Å². The lowest BCUT2D eigenvalue weighted by atomic mass is 10.2. The molecule has 0 saturated carbocycles. The van der Waals surface area contributed by atoms with Gasteiger partial charge in [-0.1, -0.05) is 28.1 Å². The summed E-state index contributed by atoms with van der Waals surface area (Å²) in [6.07, 6.45) is 0. The van der Waals surface area contributed by atoms with Crippen LogP contribution in [0.2, 0.25) is 0 Å². The lowest BCUT2D eigenvalue weighted by molar-refractivity contribution is 0.628. The summed E-state index contributed by atoms with van der Waals surface area (Å²) in [7, 11) is 1.88. The fraction of sp³-hybridized carbons (Fsp3) is 0.133. The van der Waals surface area contributed by atoms with Gasteiger partial charge >= 0.3 is 0 Å². The molecular weight excluding hydrogens is 321 g/mol. The van der Waals surface area contributed by atoms with Crippen LogP contribution in [0.3, 0.4) is 0 Å². The van der Waals surface area contributed by atoms with Crippen LogP contribution in [-0.4, -0.2) is 9.55 Å². The van der Waals surface area contributed by atoms with E-state index >= 15 is 0 Å². The molecule has 0 spiro atoms. The Morgan fingerprint density at radius 3 is 2.80 bits per heavy atom. The normalized spacial score (nSPS) is 11.2. The van der Waals surface area contributed by atoms with Crippen molar-refractivity contribution in [2.75, 3.05) is 0 Å². The minimum Gasteiger partial charge on any atom is -0.327 e. The Labute approximate surface area is 124 Å². The number of aryl methyl sites for hydroxylation is 1. The van der Waals surface area contributed by atoms with Crippen molar-refractivity contribution in [3.05, 3.63) is 52.3 Å². The topological polar surface area (TPSA) is 43.8 Å². The molecule has 3 nitrogen and oxygen atoms in total. The Bertz CT molecular complexity index is 795. The second kappa shape index (κ2) is 5.00. The highest BCUT2D eigenvalue weighted by molar-refractivity contribution is 9.10. The molecule has 0 unspecified atom stereocenters. The Morgan fingerprint density at radius 2 is 2.10 bits per heavy atom. The molecule has 0 bridgehead atoms. The number of nitrogens with zero attached hydrogens (tertiary/aromatic N) is 2. The van der Waals surface area contributed by atoms with Gasteiger partial charge in [0, 0.05) is 18.1 Å². The van der Waals surface area contributed by atoms with E-state index in [1.165, 1.54) is 6.07 Å². The molecule has 1 heterocycles. The van der Waals surface area contributed by atoms with Crippen molar-refractivity contribution in [2.45, 2.75) is 6.54 Å². The molecule has 0 radical (unpaired) electrons. The van der Waals surface area contributed by atoms with Gasteiger partial charge in [-0.05, 0) is 29.8 Å². The second-order valence-corrected chi connectivity index (χ2v) is 5.52. The first kappa shape index (κ1) is 13.3. The van der Waals surface area contributed by atoms with Crippen LogP contribution in [0.5, 0.6) is 0 Å². The first-order valence-corrected chi connectivity index (χ1v) is 7.01. The summed E-state index contributed by atoms with van der Waals surface area (Å²) in [5.41, 5.74) is 8.95. The van der Waals surface area contributed by atoms with E-state index in [0.717, 1.165) is 16.6 Å². The minimum absolute atomic E-state index is 0.299. The van der Waals surface area contributed by atoms with Crippen LogP contribution in [0.4, 0.5) is 4.39 Å². The first-order valence-electron chi connectivity index (χ1n) is 6.21. The number of nitrogens with two attached hydrogens (primary N) is 1. The number of hydrogen-bond donors (Lipinski definition) is 1. The molecule has 20 heavy (non-hydrogen) atoms. The maximum Gasteiger partial charge on any atom is 0.143 e. The summed E-state index contributed by atoms with van der Waals surface area (Å²) >= 11 is 3.26. The number of rotatable bonds is 2. The fourth-order valence-corrected chi connectivity index (χ4v) is 2.68. The van der Waals surface area contributed by atoms with Crippen molar-refractivity contribution in [2.24, 2.45) is 12.8 Å². The van der Waals surface area contributed by atoms with E-state index in [4.69, 9.17) is 5.73 Å². The van der Waals surface area contributed by atoms with Crippen molar-refractivity contribution in [1.29, 1.82) is 0 Å². The molecule has 0 atom stereocenters. The Balaban J connectivity index is 2.29. The monoisotopic (exact) mass is 333 g/mol. The largest absolute Gasteiger partial charge is 0.327 e. The Morgan fingerprint density at radius 1 is 1.30 bits per heavy atom. The smallest absolute Gasteiger partial charge is 0.143 e. The van der Waals surface area contributed by atoms with Crippen molar-refractivity contribution in [1.82, 2.24) is 9.55 Å². The van der Waals surface area contributed by atoms with Gasteiger partial charge in [0.15, 0.2) is 0 Å². The predicted molar refractivity (Wildman–Crippen MR) is 81.7 cm³/mol. The van der Waals surface area contributed by atoms with Gasteiger partial charge in [-0.2, -0.15) is 0 Å². The maximum atomic E-state index is 14.1. The number of fused-ring (bicyclic) bond motifs is 1. The summed E-state index contributed by atoms with van der Waals surface area (Å²) in [6.45, 7) is 0.413. The molecule has 5 heteroatoms.